The molecule has 0 aliphatic rings. The average Bonchev–Trinajstić information content (AvgIpc) is 2.64. The van der Waals surface area contributed by atoms with Crippen molar-refractivity contribution in [3.05, 3.63) is 82.9 Å². The zero-order chi connectivity index (χ0) is 17.4. The molecular formula is C19H22N2O2S. The van der Waals surface area contributed by atoms with Crippen LogP contribution in [0.25, 0.3) is 0 Å². The topological polar surface area (TPSA) is 50.4 Å². The molecule has 0 saturated carbocycles. The van der Waals surface area contributed by atoms with Crippen LogP contribution in [0.5, 0.6) is 0 Å². The highest BCUT2D eigenvalue weighted by atomic mass is 32.1. The van der Waals surface area contributed by atoms with Crippen molar-refractivity contribution in [2.45, 2.75) is 12.1 Å². The summed E-state index contributed by atoms with van der Waals surface area (Å²) in [5.74, 6) is -0.237. The number of nitrogens with one attached hydrogen (secondary N) is 2. The van der Waals surface area contributed by atoms with Crippen LogP contribution in [0.4, 0.5) is 0 Å². The van der Waals surface area contributed by atoms with Crippen LogP contribution in [0.3, 0.4) is 0 Å². The number of carbonyl (C=O) groups is 1. The SMILES string of the molecule is CN/C(=C\S)C(=O)NC(c1ccccc1)C(OC)c1ccccc1. The van der Waals surface area contributed by atoms with Gasteiger partial charge in [-0.2, -0.15) is 0 Å². The summed E-state index contributed by atoms with van der Waals surface area (Å²) in [6.45, 7) is 0. The fraction of sp³-hybridized carbons (Fsp3) is 0.211. The van der Waals surface area contributed by atoms with Crippen LogP contribution in [0, 0.1) is 0 Å². The standard InChI is InChI=1S/C19H22N2O2S/c1-20-16(13-24)19(22)21-17(14-9-5-3-6-10-14)18(23-2)15-11-7-4-8-12-15/h3-13,17-18,20,24H,1-2H3,(H,21,22)/b16-13-. The maximum absolute atomic E-state index is 12.5. The van der Waals surface area contributed by atoms with Gasteiger partial charge in [0.2, 0.25) is 0 Å². The highest BCUT2D eigenvalue weighted by Gasteiger charge is 2.27. The molecule has 2 N–H and O–H groups in total. The Labute approximate surface area is 148 Å². The smallest absolute Gasteiger partial charge is 0.268 e. The van der Waals surface area contributed by atoms with Gasteiger partial charge in [-0.25, -0.2) is 0 Å². The predicted molar refractivity (Wildman–Crippen MR) is 99.6 cm³/mol. The summed E-state index contributed by atoms with van der Waals surface area (Å²) >= 11 is 4.07. The molecule has 0 aliphatic carbocycles. The Bertz CT molecular complexity index is 674. The number of methoxy groups -OCH3 is 1. The highest BCUT2D eigenvalue weighted by molar-refractivity contribution is 7.83. The van der Waals surface area contributed by atoms with Gasteiger partial charge >= 0.3 is 0 Å². The third-order valence-electron chi connectivity index (χ3n) is 3.77. The average molecular weight is 342 g/mol. The van der Waals surface area contributed by atoms with E-state index < -0.39 is 0 Å². The molecule has 0 spiro atoms. The molecule has 2 unspecified atom stereocenters. The van der Waals surface area contributed by atoms with Crippen LogP contribution in [-0.2, 0) is 9.53 Å². The maximum Gasteiger partial charge on any atom is 0.268 e. The molecule has 0 radical (unpaired) electrons. The lowest BCUT2D eigenvalue weighted by Gasteiger charge is -2.28. The van der Waals surface area contributed by atoms with E-state index in [0.717, 1.165) is 11.1 Å². The van der Waals surface area contributed by atoms with Gasteiger partial charge in [0.05, 0.1) is 6.04 Å². The van der Waals surface area contributed by atoms with Crippen molar-refractivity contribution in [2.24, 2.45) is 0 Å². The van der Waals surface area contributed by atoms with E-state index in [-0.39, 0.29) is 18.1 Å². The van der Waals surface area contributed by atoms with Crippen molar-refractivity contribution in [3.63, 3.8) is 0 Å². The molecule has 0 bridgehead atoms. The Hall–Kier alpha value is -2.24. The molecular weight excluding hydrogens is 320 g/mol. The molecule has 126 valence electrons. The number of ether oxygens (including phenoxy) is 1. The predicted octanol–water partition coefficient (Wildman–Crippen LogP) is 3.22. The molecule has 0 heterocycles. The quantitative estimate of drug-likeness (QED) is 0.535. The van der Waals surface area contributed by atoms with Gasteiger partial charge in [-0.05, 0) is 16.5 Å². The first kappa shape index (κ1) is 18.1. The molecule has 2 aromatic carbocycles. The molecule has 2 rings (SSSR count). The third kappa shape index (κ3) is 4.40. The first-order valence-electron chi connectivity index (χ1n) is 7.67. The Morgan fingerprint density at radius 3 is 2.04 bits per heavy atom. The fourth-order valence-corrected chi connectivity index (χ4v) is 2.80. The van der Waals surface area contributed by atoms with Gasteiger partial charge in [-0.15, -0.1) is 12.6 Å². The second-order valence-electron chi connectivity index (χ2n) is 5.22. The Morgan fingerprint density at radius 2 is 1.58 bits per heavy atom. The van der Waals surface area contributed by atoms with Crippen LogP contribution in [0.1, 0.15) is 23.3 Å². The van der Waals surface area contributed by atoms with Crippen molar-refractivity contribution in [2.75, 3.05) is 14.2 Å². The maximum atomic E-state index is 12.5. The Kier molecular flexibility index (Phi) is 6.90. The number of rotatable bonds is 7. The minimum Gasteiger partial charge on any atom is -0.383 e. The normalized spacial score (nSPS) is 13.9. The number of hydrogen-bond donors (Lipinski definition) is 3. The van der Waals surface area contributed by atoms with E-state index >= 15 is 0 Å². The van der Waals surface area contributed by atoms with Crippen molar-refractivity contribution in [1.29, 1.82) is 0 Å². The van der Waals surface area contributed by atoms with Crippen LogP contribution in [0.15, 0.2) is 71.8 Å². The lowest BCUT2D eigenvalue weighted by Crippen LogP contribution is -2.36. The number of amides is 1. The van der Waals surface area contributed by atoms with E-state index in [0.29, 0.717) is 5.70 Å². The van der Waals surface area contributed by atoms with Gasteiger partial charge in [0.1, 0.15) is 11.8 Å². The lowest BCUT2D eigenvalue weighted by molar-refractivity contribution is -0.119. The van der Waals surface area contributed by atoms with E-state index in [4.69, 9.17) is 4.74 Å². The molecule has 0 aromatic heterocycles. The molecule has 0 saturated heterocycles. The van der Waals surface area contributed by atoms with E-state index in [1.807, 2.05) is 60.7 Å². The van der Waals surface area contributed by atoms with Crippen molar-refractivity contribution < 1.29 is 9.53 Å². The van der Waals surface area contributed by atoms with Gasteiger partial charge in [0.25, 0.3) is 5.91 Å². The molecule has 0 fully saturated rings. The van der Waals surface area contributed by atoms with E-state index in [2.05, 4.69) is 23.3 Å². The zero-order valence-corrected chi connectivity index (χ0v) is 14.7. The minimum absolute atomic E-state index is 0.237. The van der Waals surface area contributed by atoms with Crippen LogP contribution < -0.4 is 10.6 Å². The second kappa shape index (κ2) is 9.15. The number of hydrogen-bond acceptors (Lipinski definition) is 4. The van der Waals surface area contributed by atoms with Crippen molar-refractivity contribution in [3.8, 4) is 0 Å². The monoisotopic (exact) mass is 342 g/mol. The summed E-state index contributed by atoms with van der Waals surface area (Å²) < 4.78 is 5.73. The van der Waals surface area contributed by atoms with E-state index in [1.165, 1.54) is 5.41 Å². The minimum atomic E-state index is -0.331. The molecule has 0 aliphatic heterocycles. The molecule has 2 atom stereocenters. The summed E-state index contributed by atoms with van der Waals surface area (Å²) in [5.41, 5.74) is 2.35. The van der Waals surface area contributed by atoms with Crippen LogP contribution in [0.2, 0.25) is 0 Å². The number of carbonyl (C=O) groups excluding carboxylic acids is 1. The summed E-state index contributed by atoms with van der Waals surface area (Å²) in [6, 6.07) is 19.3. The van der Waals surface area contributed by atoms with Crippen LogP contribution in [-0.4, -0.2) is 20.1 Å². The van der Waals surface area contributed by atoms with Gasteiger partial charge in [-0.1, -0.05) is 60.7 Å². The molecule has 2 aromatic rings. The van der Waals surface area contributed by atoms with Crippen molar-refractivity contribution >= 4 is 18.5 Å². The van der Waals surface area contributed by atoms with E-state index in [1.54, 1.807) is 14.2 Å². The lowest BCUT2D eigenvalue weighted by atomic mass is 9.95. The molecule has 5 heteroatoms. The summed E-state index contributed by atoms with van der Waals surface area (Å²) in [5, 5.41) is 7.32. The largest absolute Gasteiger partial charge is 0.383 e. The summed E-state index contributed by atoms with van der Waals surface area (Å²) in [6.07, 6.45) is -0.310. The van der Waals surface area contributed by atoms with Gasteiger partial charge in [0.15, 0.2) is 0 Å². The molecule has 4 nitrogen and oxygen atoms in total. The first-order chi connectivity index (χ1) is 11.7. The summed E-state index contributed by atoms with van der Waals surface area (Å²) in [7, 11) is 3.33. The first-order valence-corrected chi connectivity index (χ1v) is 8.18. The molecule has 24 heavy (non-hydrogen) atoms. The zero-order valence-electron chi connectivity index (χ0n) is 13.8. The third-order valence-corrected chi connectivity index (χ3v) is 4.03. The van der Waals surface area contributed by atoms with Crippen LogP contribution >= 0.6 is 12.6 Å². The number of benzene rings is 2. The fourth-order valence-electron chi connectivity index (χ4n) is 2.56. The van der Waals surface area contributed by atoms with Gasteiger partial charge in [0, 0.05) is 14.2 Å². The van der Waals surface area contributed by atoms with Gasteiger partial charge < -0.3 is 15.4 Å². The van der Waals surface area contributed by atoms with Gasteiger partial charge in [-0.3, -0.25) is 4.79 Å². The number of thiol groups is 1. The van der Waals surface area contributed by atoms with E-state index in [9.17, 15) is 4.79 Å². The van der Waals surface area contributed by atoms with Crippen molar-refractivity contribution in [1.82, 2.24) is 10.6 Å². The molecule has 1 amide bonds. The number of likely N-dealkylation sites (N-methyl/N-ethyl adjacent to an activating group) is 1. The Balaban J connectivity index is 2.37. The Morgan fingerprint density at radius 1 is 1.04 bits per heavy atom. The summed E-state index contributed by atoms with van der Waals surface area (Å²) in [4.78, 5) is 12.5. The second-order valence-corrected chi connectivity index (χ2v) is 5.48. The highest BCUT2D eigenvalue weighted by Crippen LogP contribution is 2.31.